The Morgan fingerprint density at radius 1 is 1.50 bits per heavy atom. The van der Waals surface area contributed by atoms with E-state index in [0.29, 0.717) is 0 Å². The highest BCUT2D eigenvalue weighted by atomic mass is 32.1. The van der Waals surface area contributed by atoms with Crippen LogP contribution in [0.5, 0.6) is 0 Å². The van der Waals surface area contributed by atoms with Gasteiger partial charge in [-0.05, 0) is 33.8 Å². The Hall–Kier alpha value is -1.69. The molecule has 0 unspecified atom stereocenters. The van der Waals surface area contributed by atoms with Crippen molar-refractivity contribution >= 4 is 28.3 Å². The molecule has 96 valence electrons. The average molecular weight is 264 g/mol. The van der Waals surface area contributed by atoms with Gasteiger partial charge in [0, 0.05) is 11.6 Å². The summed E-state index contributed by atoms with van der Waals surface area (Å²) in [7, 11) is 0. The van der Waals surface area contributed by atoms with Gasteiger partial charge in [-0.3, -0.25) is 4.79 Å². The Balaban J connectivity index is 2.16. The molecule has 0 radical (unpaired) electrons. The van der Waals surface area contributed by atoms with Gasteiger partial charge < -0.3 is 5.32 Å². The topological polar surface area (TPSA) is 59.3 Å². The molecule has 1 amide bonds. The molecule has 2 rings (SSSR count). The Bertz CT molecular complexity index is 603. The van der Waals surface area contributed by atoms with Crippen LogP contribution in [0.3, 0.4) is 0 Å². The van der Waals surface area contributed by atoms with E-state index in [4.69, 9.17) is 0 Å². The average Bonchev–Trinajstić information content (AvgIpc) is 2.77. The molecule has 0 atom stereocenters. The molecule has 0 saturated heterocycles. The monoisotopic (exact) mass is 264 g/mol. The van der Waals surface area contributed by atoms with Gasteiger partial charge >= 0.3 is 0 Å². The lowest BCUT2D eigenvalue weighted by Crippen LogP contribution is -2.39. The van der Waals surface area contributed by atoms with Crippen molar-refractivity contribution in [2.24, 2.45) is 0 Å². The van der Waals surface area contributed by atoms with E-state index in [-0.39, 0.29) is 11.4 Å². The molecule has 18 heavy (non-hydrogen) atoms. The lowest BCUT2D eigenvalue weighted by molar-refractivity contribution is -0.117. The third-order valence-corrected chi connectivity index (χ3v) is 3.39. The first-order valence-electron chi connectivity index (χ1n) is 5.66. The Morgan fingerprint density at radius 2 is 2.22 bits per heavy atom. The SMILES string of the molecule is Cc1c(/C=C/C(=O)NC(C)(C)C)sc2ncnn12. The summed E-state index contributed by atoms with van der Waals surface area (Å²) in [5.74, 6) is -0.0964. The number of rotatable bonds is 2. The zero-order chi connectivity index (χ0) is 13.3. The summed E-state index contributed by atoms with van der Waals surface area (Å²) in [6.07, 6.45) is 4.87. The molecule has 1 N–H and O–H groups in total. The fourth-order valence-electron chi connectivity index (χ4n) is 1.52. The first-order valence-corrected chi connectivity index (χ1v) is 6.48. The van der Waals surface area contributed by atoms with Crippen molar-refractivity contribution < 1.29 is 4.79 Å². The maximum atomic E-state index is 11.7. The van der Waals surface area contributed by atoms with Crippen LogP contribution in [0.1, 0.15) is 31.3 Å². The van der Waals surface area contributed by atoms with Gasteiger partial charge in [-0.2, -0.15) is 5.10 Å². The maximum absolute atomic E-state index is 11.7. The molecule has 0 saturated carbocycles. The second kappa shape index (κ2) is 4.53. The molecule has 0 bridgehead atoms. The summed E-state index contributed by atoms with van der Waals surface area (Å²) >= 11 is 1.51. The second-order valence-corrected chi connectivity index (χ2v) is 6.09. The number of thiazole rings is 1. The first kappa shape index (κ1) is 12.8. The predicted molar refractivity (Wildman–Crippen MR) is 72.5 cm³/mol. The summed E-state index contributed by atoms with van der Waals surface area (Å²) in [6.45, 7) is 7.81. The number of hydrogen-bond acceptors (Lipinski definition) is 4. The first-order chi connectivity index (χ1) is 8.37. The second-order valence-electron chi connectivity index (χ2n) is 5.08. The van der Waals surface area contributed by atoms with Gasteiger partial charge in [0.2, 0.25) is 10.9 Å². The standard InChI is InChI=1S/C12H16N4OS/c1-8-9(18-11-13-7-14-16(8)11)5-6-10(17)15-12(2,3)4/h5-7H,1-4H3,(H,15,17)/b6-5+. The van der Waals surface area contributed by atoms with E-state index < -0.39 is 0 Å². The number of amides is 1. The van der Waals surface area contributed by atoms with Crippen LogP contribution in [-0.4, -0.2) is 26.0 Å². The van der Waals surface area contributed by atoms with Crippen LogP contribution >= 0.6 is 11.3 Å². The van der Waals surface area contributed by atoms with Crippen molar-refractivity contribution in [1.29, 1.82) is 0 Å². The minimum Gasteiger partial charge on any atom is -0.348 e. The zero-order valence-electron chi connectivity index (χ0n) is 10.9. The fourth-order valence-corrected chi connectivity index (χ4v) is 2.46. The molecule has 0 spiro atoms. The van der Waals surface area contributed by atoms with Gasteiger partial charge in [-0.25, -0.2) is 9.50 Å². The molecule has 0 fully saturated rings. The van der Waals surface area contributed by atoms with Crippen LogP contribution in [0.25, 0.3) is 11.0 Å². The van der Waals surface area contributed by atoms with Crippen molar-refractivity contribution in [3.63, 3.8) is 0 Å². The molecule has 6 heteroatoms. The van der Waals surface area contributed by atoms with Crippen LogP contribution in [0, 0.1) is 6.92 Å². The zero-order valence-corrected chi connectivity index (χ0v) is 11.7. The summed E-state index contributed by atoms with van der Waals surface area (Å²) in [5.41, 5.74) is 0.773. The molecule has 0 aliphatic rings. The number of nitrogens with one attached hydrogen (secondary N) is 1. The number of carbonyl (C=O) groups is 1. The molecule has 2 aromatic rings. The largest absolute Gasteiger partial charge is 0.348 e. The van der Waals surface area contributed by atoms with Crippen LogP contribution in [-0.2, 0) is 4.79 Å². The molecule has 2 aromatic heterocycles. The van der Waals surface area contributed by atoms with Gasteiger partial charge in [-0.15, -0.1) is 0 Å². The van der Waals surface area contributed by atoms with Crippen molar-refractivity contribution in [2.75, 3.05) is 0 Å². The maximum Gasteiger partial charge on any atom is 0.244 e. The number of hydrogen-bond donors (Lipinski definition) is 1. The predicted octanol–water partition coefficient (Wildman–Crippen LogP) is 2.03. The van der Waals surface area contributed by atoms with Crippen LogP contribution in [0.15, 0.2) is 12.4 Å². The van der Waals surface area contributed by atoms with Crippen LogP contribution in [0.2, 0.25) is 0 Å². The van der Waals surface area contributed by atoms with Gasteiger partial charge in [0.1, 0.15) is 6.33 Å². The van der Waals surface area contributed by atoms with Gasteiger partial charge in [0.15, 0.2) is 0 Å². The molecular weight excluding hydrogens is 248 g/mol. The quantitative estimate of drug-likeness (QED) is 0.844. The van der Waals surface area contributed by atoms with E-state index in [9.17, 15) is 4.79 Å². The Kier molecular flexibility index (Phi) is 3.21. The highest BCUT2D eigenvalue weighted by Crippen LogP contribution is 2.21. The van der Waals surface area contributed by atoms with Crippen molar-refractivity contribution in [2.45, 2.75) is 33.2 Å². The third kappa shape index (κ3) is 2.76. The van der Waals surface area contributed by atoms with E-state index in [1.165, 1.54) is 17.7 Å². The molecule has 2 heterocycles. The minimum absolute atomic E-state index is 0.0964. The third-order valence-electron chi connectivity index (χ3n) is 2.28. The lowest BCUT2D eigenvalue weighted by atomic mass is 10.1. The van der Waals surface area contributed by atoms with E-state index in [0.717, 1.165) is 15.5 Å². The number of aryl methyl sites for hydroxylation is 1. The molecule has 0 aliphatic carbocycles. The molecule has 5 nitrogen and oxygen atoms in total. The molecule has 0 aromatic carbocycles. The Morgan fingerprint density at radius 3 is 2.83 bits per heavy atom. The number of aromatic nitrogens is 3. The van der Waals surface area contributed by atoms with Gasteiger partial charge in [0.05, 0.1) is 10.6 Å². The van der Waals surface area contributed by atoms with E-state index in [1.54, 1.807) is 16.7 Å². The number of carbonyl (C=O) groups excluding carboxylic acids is 1. The lowest BCUT2D eigenvalue weighted by Gasteiger charge is -2.18. The fraction of sp³-hybridized carbons (Fsp3) is 0.417. The molecular formula is C12H16N4OS. The van der Waals surface area contributed by atoms with Crippen molar-refractivity contribution in [3.8, 4) is 0 Å². The van der Waals surface area contributed by atoms with E-state index in [2.05, 4.69) is 15.4 Å². The normalized spacial score (nSPS) is 12.4. The molecule has 0 aliphatic heterocycles. The smallest absolute Gasteiger partial charge is 0.244 e. The van der Waals surface area contributed by atoms with Crippen LogP contribution in [0.4, 0.5) is 0 Å². The number of fused-ring (bicyclic) bond motifs is 1. The summed E-state index contributed by atoms with van der Waals surface area (Å²) in [4.78, 5) is 17.6. The summed E-state index contributed by atoms with van der Waals surface area (Å²) in [5, 5.41) is 6.98. The number of nitrogens with zero attached hydrogens (tertiary/aromatic N) is 3. The van der Waals surface area contributed by atoms with Gasteiger partial charge in [-0.1, -0.05) is 11.3 Å². The summed E-state index contributed by atoms with van der Waals surface area (Å²) < 4.78 is 1.77. The highest BCUT2D eigenvalue weighted by molar-refractivity contribution is 7.18. The Labute approximate surface area is 110 Å². The highest BCUT2D eigenvalue weighted by Gasteiger charge is 2.12. The van der Waals surface area contributed by atoms with Crippen LogP contribution < -0.4 is 5.32 Å². The van der Waals surface area contributed by atoms with Crippen molar-refractivity contribution in [1.82, 2.24) is 19.9 Å². The van der Waals surface area contributed by atoms with E-state index in [1.807, 2.05) is 27.7 Å². The minimum atomic E-state index is -0.220. The van der Waals surface area contributed by atoms with Gasteiger partial charge in [0.25, 0.3) is 0 Å². The summed E-state index contributed by atoms with van der Waals surface area (Å²) in [6, 6.07) is 0. The van der Waals surface area contributed by atoms with E-state index >= 15 is 0 Å². The van der Waals surface area contributed by atoms with Crippen molar-refractivity contribution in [3.05, 3.63) is 23.0 Å².